The van der Waals surface area contributed by atoms with Crippen LogP contribution in [0.25, 0.3) is 0 Å². The Balaban J connectivity index is 2.26. The Hall–Kier alpha value is -2.20. The fourth-order valence-corrected chi connectivity index (χ4v) is 2.12. The fourth-order valence-electron chi connectivity index (χ4n) is 2.12. The van der Waals surface area contributed by atoms with Crippen molar-refractivity contribution in [3.8, 4) is 6.07 Å². The first kappa shape index (κ1) is 13.2. The Morgan fingerprint density at radius 1 is 1.37 bits per heavy atom. The lowest BCUT2D eigenvalue weighted by Gasteiger charge is -2.21. The molecule has 100 valence electrons. The fraction of sp³-hybridized carbons (Fsp3) is 0.500. The first-order valence-electron chi connectivity index (χ1n) is 6.11. The van der Waals surface area contributed by atoms with E-state index >= 15 is 0 Å². The number of nitrogens with zero attached hydrogens (tertiary/aromatic N) is 5. The third kappa shape index (κ3) is 2.98. The smallest absolute Gasteiger partial charge is 0.305 e. The van der Waals surface area contributed by atoms with E-state index < -0.39 is 4.92 Å². The average Bonchev–Trinajstić information content (AvgIpc) is 2.62. The van der Waals surface area contributed by atoms with Crippen molar-refractivity contribution in [1.29, 1.82) is 5.26 Å². The van der Waals surface area contributed by atoms with Crippen LogP contribution < -0.4 is 4.90 Å². The number of rotatable bonds is 2. The number of hydrogen-bond acceptors (Lipinski definition) is 6. The van der Waals surface area contributed by atoms with Crippen LogP contribution in [0.1, 0.15) is 12.1 Å². The van der Waals surface area contributed by atoms with Gasteiger partial charge in [-0.1, -0.05) is 0 Å². The lowest BCUT2D eigenvalue weighted by Crippen LogP contribution is -2.29. The summed E-state index contributed by atoms with van der Waals surface area (Å²) in [6.45, 7) is 3.60. The number of hydrogen-bond donors (Lipinski definition) is 0. The summed E-state index contributed by atoms with van der Waals surface area (Å²) in [5.41, 5.74) is -0.363. The lowest BCUT2D eigenvalue weighted by atomic mass is 10.3. The molecule has 2 rings (SSSR count). The zero-order chi connectivity index (χ0) is 13.8. The van der Waals surface area contributed by atoms with Crippen LogP contribution in [0, 0.1) is 21.4 Å². The zero-order valence-corrected chi connectivity index (χ0v) is 10.7. The summed E-state index contributed by atoms with van der Waals surface area (Å²) in [7, 11) is 2.06. The van der Waals surface area contributed by atoms with Gasteiger partial charge < -0.3 is 9.80 Å². The van der Waals surface area contributed by atoms with Crippen LogP contribution in [-0.2, 0) is 0 Å². The SMILES string of the molecule is CN1CCCN(c2ccc([N+](=O)[O-])c(C#N)n2)CC1. The molecule has 0 aliphatic carbocycles. The summed E-state index contributed by atoms with van der Waals surface area (Å²) < 4.78 is 0. The van der Waals surface area contributed by atoms with Gasteiger partial charge in [-0.2, -0.15) is 5.26 Å². The Bertz CT molecular complexity index is 525. The van der Waals surface area contributed by atoms with Gasteiger partial charge in [0.15, 0.2) is 0 Å². The minimum Gasteiger partial charge on any atom is -0.355 e. The van der Waals surface area contributed by atoms with Crippen molar-refractivity contribution in [2.45, 2.75) is 6.42 Å². The van der Waals surface area contributed by atoms with Crippen LogP contribution in [0.15, 0.2) is 12.1 Å². The summed E-state index contributed by atoms with van der Waals surface area (Å²) >= 11 is 0. The van der Waals surface area contributed by atoms with E-state index in [0.717, 1.165) is 32.6 Å². The molecule has 1 aliphatic rings. The molecule has 0 atom stereocenters. The standard InChI is InChI=1S/C12H15N5O2/c1-15-5-2-6-16(8-7-15)12-4-3-11(17(18)19)10(9-13)14-12/h3-4H,2,5-8H2,1H3. The molecule has 0 bridgehead atoms. The predicted molar refractivity (Wildman–Crippen MR) is 69.9 cm³/mol. The maximum atomic E-state index is 10.8. The minimum absolute atomic E-state index is 0.125. The first-order valence-corrected chi connectivity index (χ1v) is 6.11. The minimum atomic E-state index is -0.578. The molecule has 1 aromatic heterocycles. The highest BCUT2D eigenvalue weighted by Gasteiger charge is 2.19. The number of anilines is 1. The summed E-state index contributed by atoms with van der Waals surface area (Å²) in [4.78, 5) is 18.6. The van der Waals surface area contributed by atoms with E-state index in [-0.39, 0.29) is 11.4 Å². The molecule has 0 spiro atoms. The number of nitriles is 1. The molecule has 1 aliphatic heterocycles. The topological polar surface area (TPSA) is 86.3 Å². The molecule has 19 heavy (non-hydrogen) atoms. The van der Waals surface area contributed by atoms with Gasteiger partial charge in [-0.25, -0.2) is 4.98 Å². The number of likely N-dealkylation sites (N-methyl/N-ethyl adjacent to an activating group) is 1. The highest BCUT2D eigenvalue weighted by molar-refractivity contribution is 5.51. The quantitative estimate of drug-likeness (QED) is 0.583. The third-order valence-electron chi connectivity index (χ3n) is 3.21. The molecular weight excluding hydrogens is 246 g/mol. The average molecular weight is 261 g/mol. The van der Waals surface area contributed by atoms with E-state index in [2.05, 4.69) is 21.8 Å². The molecule has 2 heterocycles. The highest BCUT2D eigenvalue weighted by Crippen LogP contribution is 2.21. The highest BCUT2D eigenvalue weighted by atomic mass is 16.6. The largest absolute Gasteiger partial charge is 0.355 e. The Morgan fingerprint density at radius 2 is 2.16 bits per heavy atom. The maximum Gasteiger partial charge on any atom is 0.305 e. The Labute approximate surface area is 111 Å². The summed E-state index contributed by atoms with van der Waals surface area (Å²) in [6.07, 6.45) is 1.01. The van der Waals surface area contributed by atoms with Crippen molar-refractivity contribution >= 4 is 11.5 Å². The van der Waals surface area contributed by atoms with Crippen LogP contribution in [-0.4, -0.2) is 48.0 Å². The molecule has 1 saturated heterocycles. The lowest BCUT2D eigenvalue weighted by molar-refractivity contribution is -0.385. The van der Waals surface area contributed by atoms with E-state index in [1.807, 2.05) is 0 Å². The van der Waals surface area contributed by atoms with Crippen molar-refractivity contribution in [2.75, 3.05) is 38.1 Å². The third-order valence-corrected chi connectivity index (χ3v) is 3.21. The van der Waals surface area contributed by atoms with Gasteiger partial charge in [0.1, 0.15) is 11.9 Å². The van der Waals surface area contributed by atoms with Gasteiger partial charge in [-0.3, -0.25) is 10.1 Å². The van der Waals surface area contributed by atoms with Crippen LogP contribution in [0.2, 0.25) is 0 Å². The number of pyridine rings is 1. The second kappa shape index (κ2) is 5.63. The monoisotopic (exact) mass is 261 g/mol. The first-order chi connectivity index (χ1) is 9.11. The van der Waals surface area contributed by atoms with Crippen molar-refractivity contribution in [2.24, 2.45) is 0 Å². The molecule has 0 unspecified atom stereocenters. The van der Waals surface area contributed by atoms with Crippen molar-refractivity contribution in [3.05, 3.63) is 27.9 Å². The van der Waals surface area contributed by atoms with Gasteiger partial charge in [0, 0.05) is 25.7 Å². The van der Waals surface area contributed by atoms with Crippen LogP contribution in [0.4, 0.5) is 11.5 Å². The van der Waals surface area contributed by atoms with Crippen molar-refractivity contribution in [3.63, 3.8) is 0 Å². The van der Waals surface area contributed by atoms with Crippen LogP contribution in [0.3, 0.4) is 0 Å². The number of nitro groups is 1. The summed E-state index contributed by atoms with van der Waals surface area (Å²) in [6, 6.07) is 4.76. The van der Waals surface area contributed by atoms with Crippen molar-refractivity contribution in [1.82, 2.24) is 9.88 Å². The molecule has 0 aromatic carbocycles. The Kier molecular flexibility index (Phi) is 3.92. The van der Waals surface area contributed by atoms with E-state index in [0.29, 0.717) is 5.82 Å². The molecule has 0 saturated carbocycles. The molecule has 0 N–H and O–H groups in total. The van der Waals surface area contributed by atoms with Gasteiger partial charge in [0.2, 0.25) is 5.69 Å². The van der Waals surface area contributed by atoms with Gasteiger partial charge in [-0.05, 0) is 26.1 Å². The molecule has 1 fully saturated rings. The molecule has 0 amide bonds. The summed E-state index contributed by atoms with van der Waals surface area (Å²) in [5, 5.41) is 19.7. The number of aromatic nitrogens is 1. The molecule has 0 radical (unpaired) electrons. The summed E-state index contributed by atoms with van der Waals surface area (Å²) in [5.74, 6) is 0.637. The van der Waals surface area contributed by atoms with E-state index in [4.69, 9.17) is 5.26 Å². The second-order valence-electron chi connectivity index (χ2n) is 4.55. The van der Waals surface area contributed by atoms with E-state index in [1.54, 1.807) is 12.1 Å². The molecule has 1 aromatic rings. The van der Waals surface area contributed by atoms with Gasteiger partial charge in [0.05, 0.1) is 4.92 Å². The second-order valence-corrected chi connectivity index (χ2v) is 4.55. The predicted octanol–water partition coefficient (Wildman–Crippen LogP) is 1.00. The Morgan fingerprint density at radius 3 is 2.84 bits per heavy atom. The van der Waals surface area contributed by atoms with Crippen LogP contribution >= 0.6 is 0 Å². The molecule has 7 heteroatoms. The molecule has 7 nitrogen and oxygen atoms in total. The molecular formula is C12H15N5O2. The zero-order valence-electron chi connectivity index (χ0n) is 10.7. The van der Waals surface area contributed by atoms with Crippen LogP contribution in [0.5, 0.6) is 0 Å². The normalized spacial score (nSPS) is 16.7. The van der Waals surface area contributed by atoms with Gasteiger partial charge in [-0.15, -0.1) is 0 Å². The van der Waals surface area contributed by atoms with Crippen molar-refractivity contribution < 1.29 is 4.92 Å². The maximum absolute atomic E-state index is 10.8. The van der Waals surface area contributed by atoms with E-state index in [1.165, 1.54) is 6.07 Å². The van der Waals surface area contributed by atoms with Gasteiger partial charge >= 0.3 is 5.69 Å². The van der Waals surface area contributed by atoms with E-state index in [9.17, 15) is 10.1 Å². The van der Waals surface area contributed by atoms with Gasteiger partial charge in [0.25, 0.3) is 0 Å².